The van der Waals surface area contributed by atoms with E-state index in [9.17, 15) is 18.0 Å². The van der Waals surface area contributed by atoms with Crippen LogP contribution in [0.3, 0.4) is 0 Å². The smallest absolute Gasteiger partial charge is 0.416 e. The van der Waals surface area contributed by atoms with Crippen molar-refractivity contribution in [3.8, 4) is 11.3 Å². The zero-order chi connectivity index (χ0) is 22.9. The lowest BCUT2D eigenvalue weighted by molar-refractivity contribution is -0.137. The minimum atomic E-state index is -4.40. The Labute approximate surface area is 194 Å². The number of hydrogen-bond donors (Lipinski definition) is 1. The first-order valence-corrected chi connectivity index (χ1v) is 10.7. The molecule has 164 valence electrons. The second-order valence-corrected chi connectivity index (χ2v) is 8.68. The highest BCUT2D eigenvalue weighted by atomic mass is 35.5. The lowest BCUT2D eigenvalue weighted by atomic mass is 10.1. The summed E-state index contributed by atoms with van der Waals surface area (Å²) in [5.74, 6) is 0.00932. The van der Waals surface area contributed by atoms with Crippen LogP contribution >= 0.6 is 34.5 Å². The van der Waals surface area contributed by atoms with Crippen LogP contribution in [-0.4, -0.2) is 10.9 Å². The molecule has 10 heteroatoms. The lowest BCUT2D eigenvalue weighted by Gasteiger charge is -2.07. The molecule has 0 aliphatic carbocycles. The van der Waals surface area contributed by atoms with Crippen LogP contribution in [0, 0.1) is 0 Å². The number of benzene rings is 2. The monoisotopic (exact) mass is 496 g/mol. The molecular formula is C22H13Cl2F3N2O2S. The van der Waals surface area contributed by atoms with Gasteiger partial charge in [0.1, 0.15) is 5.76 Å². The van der Waals surface area contributed by atoms with Crippen LogP contribution in [-0.2, 0) is 12.6 Å². The summed E-state index contributed by atoms with van der Waals surface area (Å²) < 4.78 is 44.3. The zero-order valence-electron chi connectivity index (χ0n) is 16.0. The number of anilines is 1. The van der Waals surface area contributed by atoms with Crippen molar-refractivity contribution in [2.75, 3.05) is 5.32 Å². The number of thiazole rings is 1. The van der Waals surface area contributed by atoms with E-state index in [2.05, 4.69) is 10.3 Å². The van der Waals surface area contributed by atoms with E-state index < -0.39 is 17.6 Å². The third-order valence-corrected chi connectivity index (χ3v) is 6.09. The van der Waals surface area contributed by atoms with E-state index in [0.29, 0.717) is 36.9 Å². The molecule has 2 aromatic heterocycles. The fourth-order valence-corrected chi connectivity index (χ4v) is 4.07. The van der Waals surface area contributed by atoms with Gasteiger partial charge in [0.25, 0.3) is 5.91 Å². The highest BCUT2D eigenvalue weighted by molar-refractivity contribution is 7.15. The van der Waals surface area contributed by atoms with Gasteiger partial charge in [0.15, 0.2) is 10.9 Å². The van der Waals surface area contributed by atoms with Crippen molar-refractivity contribution in [3.05, 3.63) is 92.6 Å². The topological polar surface area (TPSA) is 55.1 Å². The number of halogens is 5. The SMILES string of the molecule is O=C(Nc1ncc(Cc2cccc(C(F)(F)F)c2)s1)c1ccc(-c2ccc(Cl)c(Cl)c2)o1. The first-order chi connectivity index (χ1) is 15.2. The average molecular weight is 497 g/mol. The van der Waals surface area contributed by atoms with Crippen molar-refractivity contribution in [1.82, 2.24) is 4.98 Å². The first kappa shape index (κ1) is 22.4. The summed E-state index contributed by atoms with van der Waals surface area (Å²) in [6, 6.07) is 13.2. The van der Waals surface area contributed by atoms with Crippen LogP contribution in [0.1, 0.15) is 26.6 Å². The number of furan rings is 1. The number of carbonyl (C=O) groups is 1. The van der Waals surface area contributed by atoms with E-state index in [1.54, 1.807) is 30.3 Å². The molecule has 4 nitrogen and oxygen atoms in total. The third-order valence-electron chi connectivity index (χ3n) is 4.44. The van der Waals surface area contributed by atoms with Gasteiger partial charge in [-0.1, -0.05) is 41.4 Å². The molecule has 0 saturated heterocycles. The van der Waals surface area contributed by atoms with Gasteiger partial charge in [-0.25, -0.2) is 4.98 Å². The molecule has 1 amide bonds. The Kier molecular flexibility index (Phi) is 6.28. The van der Waals surface area contributed by atoms with Gasteiger partial charge in [-0.2, -0.15) is 13.2 Å². The molecule has 0 aliphatic rings. The molecular weight excluding hydrogens is 484 g/mol. The van der Waals surface area contributed by atoms with Gasteiger partial charge in [0.05, 0.1) is 15.6 Å². The predicted octanol–water partition coefficient (Wildman–Crippen LogP) is 7.57. The Bertz CT molecular complexity index is 1280. The Morgan fingerprint density at radius 3 is 2.62 bits per heavy atom. The molecule has 4 rings (SSSR count). The molecule has 2 aromatic carbocycles. The van der Waals surface area contributed by atoms with Crippen molar-refractivity contribution < 1.29 is 22.4 Å². The van der Waals surface area contributed by atoms with Crippen LogP contribution in [0.2, 0.25) is 10.0 Å². The van der Waals surface area contributed by atoms with Gasteiger partial charge in [-0.05, 0) is 42.0 Å². The van der Waals surface area contributed by atoms with Gasteiger partial charge in [-0.3, -0.25) is 10.1 Å². The summed E-state index contributed by atoms with van der Waals surface area (Å²) in [7, 11) is 0. The third kappa shape index (κ3) is 5.15. The minimum absolute atomic E-state index is 0.0701. The molecule has 0 spiro atoms. The number of nitrogens with one attached hydrogen (secondary N) is 1. The summed E-state index contributed by atoms with van der Waals surface area (Å²) in [4.78, 5) is 17.3. The molecule has 0 aliphatic heterocycles. The van der Waals surface area contributed by atoms with E-state index in [-0.39, 0.29) is 12.2 Å². The molecule has 0 bridgehead atoms. The first-order valence-electron chi connectivity index (χ1n) is 9.16. The molecule has 4 aromatic rings. The fraction of sp³-hybridized carbons (Fsp3) is 0.0909. The van der Waals surface area contributed by atoms with Crippen LogP contribution in [0.15, 0.2) is 65.2 Å². The van der Waals surface area contributed by atoms with Crippen LogP contribution in [0.25, 0.3) is 11.3 Å². The number of nitrogens with zero attached hydrogens (tertiary/aromatic N) is 1. The van der Waals surface area contributed by atoms with Gasteiger partial charge in [0, 0.05) is 23.1 Å². The maximum Gasteiger partial charge on any atom is 0.416 e. The summed E-state index contributed by atoms with van der Waals surface area (Å²) in [5, 5.41) is 3.71. The maximum atomic E-state index is 12.9. The molecule has 1 N–H and O–H groups in total. The largest absolute Gasteiger partial charge is 0.451 e. The highest BCUT2D eigenvalue weighted by Gasteiger charge is 2.30. The number of amides is 1. The van der Waals surface area contributed by atoms with Crippen molar-refractivity contribution >= 4 is 45.6 Å². The molecule has 0 radical (unpaired) electrons. The minimum Gasteiger partial charge on any atom is -0.451 e. The quantitative estimate of drug-likeness (QED) is 0.309. The fourth-order valence-electron chi connectivity index (χ4n) is 2.93. The summed E-state index contributed by atoms with van der Waals surface area (Å²) >= 11 is 13.1. The van der Waals surface area contributed by atoms with E-state index in [4.69, 9.17) is 27.6 Å². The molecule has 0 atom stereocenters. The zero-order valence-corrected chi connectivity index (χ0v) is 18.4. The molecule has 0 saturated carbocycles. The number of aromatic nitrogens is 1. The van der Waals surface area contributed by atoms with Crippen molar-refractivity contribution in [3.63, 3.8) is 0 Å². The Morgan fingerprint density at radius 1 is 1.06 bits per heavy atom. The summed E-state index contributed by atoms with van der Waals surface area (Å²) in [6.45, 7) is 0. The number of hydrogen-bond acceptors (Lipinski definition) is 4. The van der Waals surface area contributed by atoms with Gasteiger partial charge >= 0.3 is 6.18 Å². The van der Waals surface area contributed by atoms with E-state index in [0.717, 1.165) is 12.1 Å². The van der Waals surface area contributed by atoms with Crippen LogP contribution in [0.5, 0.6) is 0 Å². The number of alkyl halides is 3. The average Bonchev–Trinajstić information content (AvgIpc) is 3.40. The number of rotatable bonds is 5. The molecule has 2 heterocycles. The Balaban J connectivity index is 1.43. The maximum absolute atomic E-state index is 12.9. The van der Waals surface area contributed by atoms with Crippen LogP contribution < -0.4 is 5.32 Å². The van der Waals surface area contributed by atoms with Crippen molar-refractivity contribution in [2.24, 2.45) is 0 Å². The second-order valence-electron chi connectivity index (χ2n) is 6.75. The Hall–Kier alpha value is -2.81. The molecule has 0 fully saturated rings. The van der Waals surface area contributed by atoms with E-state index in [1.807, 2.05) is 0 Å². The van der Waals surface area contributed by atoms with Crippen molar-refractivity contribution in [2.45, 2.75) is 12.6 Å². The summed E-state index contributed by atoms with van der Waals surface area (Å²) in [5.41, 5.74) is 0.457. The van der Waals surface area contributed by atoms with Gasteiger partial charge < -0.3 is 4.42 Å². The second kappa shape index (κ2) is 8.97. The van der Waals surface area contributed by atoms with E-state index in [1.165, 1.54) is 29.7 Å². The van der Waals surface area contributed by atoms with Gasteiger partial charge in [0.2, 0.25) is 0 Å². The van der Waals surface area contributed by atoms with Crippen molar-refractivity contribution in [1.29, 1.82) is 0 Å². The van der Waals surface area contributed by atoms with Gasteiger partial charge in [-0.15, -0.1) is 11.3 Å². The standard InChI is InChI=1S/C22H13Cl2F3N2O2S/c23-16-5-4-13(10-17(16)24)18-6-7-19(31-18)20(30)29-21-28-11-15(32-21)9-12-2-1-3-14(8-12)22(25,26)27/h1-8,10-11H,9H2,(H,28,29,30). The van der Waals surface area contributed by atoms with Crippen LogP contribution in [0.4, 0.5) is 18.3 Å². The lowest BCUT2D eigenvalue weighted by Crippen LogP contribution is -2.10. The normalized spacial score (nSPS) is 11.5. The predicted molar refractivity (Wildman–Crippen MR) is 118 cm³/mol. The summed E-state index contributed by atoms with van der Waals surface area (Å²) in [6.07, 6.45) is -2.62. The highest BCUT2D eigenvalue weighted by Crippen LogP contribution is 2.32. The van der Waals surface area contributed by atoms with E-state index >= 15 is 0 Å². The number of carbonyl (C=O) groups excluding carboxylic acids is 1. The molecule has 0 unspecified atom stereocenters. The Morgan fingerprint density at radius 2 is 1.88 bits per heavy atom. The molecule has 32 heavy (non-hydrogen) atoms.